The first-order valence-corrected chi connectivity index (χ1v) is 8.85. The van der Waals surface area contributed by atoms with Gasteiger partial charge in [0.2, 0.25) is 6.29 Å². The molecule has 0 aromatic rings. The van der Waals surface area contributed by atoms with Crippen LogP contribution in [0.3, 0.4) is 0 Å². The number of carbonyl (C=O) groups is 3. The van der Waals surface area contributed by atoms with Crippen molar-refractivity contribution in [3.8, 4) is 0 Å². The standard InChI is InChI=1S/C16H25NO13/c1-25-11-7(20)8(21)16(29-12(11)13(23)24)28-10-6(17-3-4-18)14(26-2)30-15(9(10)22)27-5-19/h4-12,14-17,20-22H,3H2,1-2H3,(H,23,24). The van der Waals surface area contributed by atoms with Gasteiger partial charge in [0.25, 0.3) is 6.47 Å². The Morgan fingerprint density at radius 2 is 1.67 bits per heavy atom. The zero-order chi connectivity index (χ0) is 22.4. The van der Waals surface area contributed by atoms with Gasteiger partial charge in [-0.2, -0.15) is 0 Å². The van der Waals surface area contributed by atoms with Crippen LogP contribution >= 0.6 is 0 Å². The van der Waals surface area contributed by atoms with Gasteiger partial charge in [-0.05, 0) is 0 Å². The van der Waals surface area contributed by atoms with E-state index in [4.69, 9.17) is 23.7 Å². The van der Waals surface area contributed by atoms with E-state index in [1.165, 1.54) is 7.11 Å². The fourth-order valence-electron chi connectivity index (χ4n) is 3.32. The minimum absolute atomic E-state index is 0.0240. The molecule has 2 fully saturated rings. The van der Waals surface area contributed by atoms with Crippen molar-refractivity contribution in [2.75, 3.05) is 20.8 Å². The minimum atomic E-state index is -1.77. The molecule has 0 aliphatic carbocycles. The number of aldehydes is 1. The van der Waals surface area contributed by atoms with E-state index < -0.39 is 67.5 Å². The number of hydrogen-bond donors (Lipinski definition) is 5. The van der Waals surface area contributed by atoms with Crippen molar-refractivity contribution in [3.05, 3.63) is 0 Å². The number of aliphatic hydroxyl groups is 3. The van der Waals surface area contributed by atoms with E-state index >= 15 is 0 Å². The molecule has 0 spiro atoms. The maximum atomic E-state index is 11.5. The van der Waals surface area contributed by atoms with Crippen molar-refractivity contribution < 1.29 is 63.2 Å². The number of hydrogen-bond acceptors (Lipinski definition) is 13. The predicted octanol–water partition coefficient (Wildman–Crippen LogP) is -4.06. The fraction of sp³-hybridized carbons (Fsp3) is 0.812. The van der Waals surface area contributed by atoms with Crippen molar-refractivity contribution in [2.45, 2.75) is 61.5 Å². The summed E-state index contributed by atoms with van der Waals surface area (Å²) in [6.45, 7) is -0.184. The zero-order valence-corrected chi connectivity index (χ0v) is 16.1. The van der Waals surface area contributed by atoms with Gasteiger partial charge < -0.3 is 59.0 Å². The van der Waals surface area contributed by atoms with Gasteiger partial charge in [0, 0.05) is 14.2 Å². The van der Waals surface area contributed by atoms with Gasteiger partial charge in [0.15, 0.2) is 18.7 Å². The van der Waals surface area contributed by atoms with E-state index in [2.05, 4.69) is 10.1 Å². The average molecular weight is 439 g/mol. The minimum Gasteiger partial charge on any atom is -0.479 e. The van der Waals surface area contributed by atoms with Crippen LogP contribution in [0.25, 0.3) is 0 Å². The van der Waals surface area contributed by atoms with Gasteiger partial charge in [-0.1, -0.05) is 0 Å². The van der Waals surface area contributed by atoms with E-state index in [0.29, 0.717) is 6.29 Å². The zero-order valence-electron chi connectivity index (χ0n) is 16.1. The number of rotatable bonds is 10. The van der Waals surface area contributed by atoms with E-state index in [-0.39, 0.29) is 13.0 Å². The van der Waals surface area contributed by atoms with Crippen LogP contribution in [0.4, 0.5) is 0 Å². The lowest BCUT2D eigenvalue weighted by Crippen LogP contribution is -2.67. The van der Waals surface area contributed by atoms with Crippen LogP contribution in [0.15, 0.2) is 0 Å². The summed E-state index contributed by atoms with van der Waals surface area (Å²) >= 11 is 0. The van der Waals surface area contributed by atoms with Crippen molar-refractivity contribution in [1.29, 1.82) is 0 Å². The van der Waals surface area contributed by atoms with Crippen LogP contribution < -0.4 is 5.32 Å². The molecular weight excluding hydrogens is 414 g/mol. The van der Waals surface area contributed by atoms with Gasteiger partial charge >= 0.3 is 5.97 Å². The third-order valence-corrected chi connectivity index (χ3v) is 4.74. The Morgan fingerprint density at radius 3 is 2.20 bits per heavy atom. The van der Waals surface area contributed by atoms with E-state index in [9.17, 15) is 34.8 Å². The second-order valence-electron chi connectivity index (χ2n) is 6.48. The number of aliphatic carboxylic acids is 1. The molecule has 10 unspecified atom stereocenters. The van der Waals surface area contributed by atoms with Crippen molar-refractivity contribution in [2.24, 2.45) is 0 Å². The lowest BCUT2D eigenvalue weighted by molar-refractivity contribution is -0.357. The summed E-state index contributed by atoms with van der Waals surface area (Å²) in [6, 6.07) is -1.04. The number of aliphatic hydroxyl groups excluding tert-OH is 3. The molecule has 2 aliphatic heterocycles. The quantitative estimate of drug-likeness (QED) is 0.206. The number of methoxy groups -OCH3 is 2. The number of carboxylic acid groups (broad SMARTS) is 1. The summed E-state index contributed by atoms with van der Waals surface area (Å²) in [4.78, 5) is 33.0. The van der Waals surface area contributed by atoms with Gasteiger partial charge in [-0.25, -0.2) is 4.79 Å². The third kappa shape index (κ3) is 5.11. The first-order valence-electron chi connectivity index (χ1n) is 8.85. The number of carboxylic acids is 1. The van der Waals surface area contributed by atoms with Crippen LogP contribution in [-0.4, -0.2) is 121 Å². The molecule has 14 heteroatoms. The molecule has 2 aliphatic rings. The van der Waals surface area contributed by atoms with Gasteiger partial charge in [0.1, 0.15) is 36.8 Å². The molecule has 2 heterocycles. The van der Waals surface area contributed by atoms with Crippen LogP contribution in [-0.2, 0) is 42.8 Å². The van der Waals surface area contributed by atoms with Crippen LogP contribution in [0.5, 0.6) is 0 Å². The highest BCUT2D eigenvalue weighted by Crippen LogP contribution is 2.30. The van der Waals surface area contributed by atoms with Crippen LogP contribution in [0.1, 0.15) is 0 Å². The molecular formula is C16H25NO13. The Bertz CT molecular complexity index is 591. The van der Waals surface area contributed by atoms with Gasteiger partial charge in [-0.3, -0.25) is 4.79 Å². The maximum absolute atomic E-state index is 11.5. The summed E-state index contributed by atoms with van der Waals surface area (Å²) in [5, 5.41) is 43.1. The highest BCUT2D eigenvalue weighted by Gasteiger charge is 2.53. The Hall–Kier alpha value is -1.75. The lowest BCUT2D eigenvalue weighted by Gasteiger charge is -2.46. The number of nitrogens with one attached hydrogen (secondary N) is 1. The molecule has 0 aromatic heterocycles. The van der Waals surface area contributed by atoms with Crippen molar-refractivity contribution in [1.82, 2.24) is 5.32 Å². The average Bonchev–Trinajstić information content (AvgIpc) is 2.72. The molecule has 0 saturated carbocycles. The molecule has 14 nitrogen and oxygen atoms in total. The maximum Gasteiger partial charge on any atom is 0.335 e. The molecule has 5 N–H and O–H groups in total. The fourth-order valence-corrected chi connectivity index (χ4v) is 3.32. The largest absolute Gasteiger partial charge is 0.479 e. The monoisotopic (exact) mass is 439 g/mol. The lowest BCUT2D eigenvalue weighted by atomic mass is 9.97. The normalized spacial score (nSPS) is 41.8. The topological polar surface area (TPSA) is 200 Å². The molecule has 0 amide bonds. The summed E-state index contributed by atoms with van der Waals surface area (Å²) in [7, 11) is 2.37. The first kappa shape index (κ1) is 24.5. The second kappa shape index (κ2) is 11.0. The SMILES string of the molecule is COC1OC(OC=O)C(O)C(OC2OC(C(=O)O)C(OC)C(O)C2O)C1NCC=O. The Morgan fingerprint density at radius 1 is 0.967 bits per heavy atom. The van der Waals surface area contributed by atoms with Crippen molar-refractivity contribution >= 4 is 18.7 Å². The molecule has 172 valence electrons. The van der Waals surface area contributed by atoms with E-state index in [1.807, 2.05) is 0 Å². The Balaban J connectivity index is 2.29. The first-order chi connectivity index (χ1) is 14.3. The smallest absolute Gasteiger partial charge is 0.335 e. The van der Waals surface area contributed by atoms with Crippen LogP contribution in [0.2, 0.25) is 0 Å². The number of ether oxygens (including phenoxy) is 6. The highest BCUT2D eigenvalue weighted by atomic mass is 16.8. The summed E-state index contributed by atoms with van der Waals surface area (Å²) < 4.78 is 30.8. The Kier molecular flexibility index (Phi) is 9.02. The number of carbonyl (C=O) groups excluding carboxylic acids is 2. The molecule has 2 saturated heterocycles. The molecule has 2 rings (SSSR count). The summed E-state index contributed by atoms with van der Waals surface area (Å²) in [5.41, 5.74) is 0. The van der Waals surface area contributed by atoms with E-state index in [1.54, 1.807) is 0 Å². The third-order valence-electron chi connectivity index (χ3n) is 4.74. The summed E-state index contributed by atoms with van der Waals surface area (Å²) in [6.07, 6.45) is -13.6. The van der Waals surface area contributed by atoms with Crippen molar-refractivity contribution in [3.63, 3.8) is 0 Å². The molecule has 30 heavy (non-hydrogen) atoms. The molecule has 0 aromatic carbocycles. The molecule has 0 radical (unpaired) electrons. The second-order valence-corrected chi connectivity index (χ2v) is 6.48. The van der Waals surface area contributed by atoms with E-state index in [0.717, 1.165) is 7.11 Å². The van der Waals surface area contributed by atoms with Gasteiger partial charge in [-0.15, -0.1) is 0 Å². The predicted molar refractivity (Wildman–Crippen MR) is 90.7 cm³/mol. The van der Waals surface area contributed by atoms with Crippen LogP contribution in [0, 0.1) is 0 Å². The Labute approximate surface area is 170 Å². The molecule has 10 atom stereocenters. The highest BCUT2D eigenvalue weighted by molar-refractivity contribution is 5.73. The summed E-state index contributed by atoms with van der Waals surface area (Å²) in [5.74, 6) is -1.48. The molecule has 0 bridgehead atoms. The van der Waals surface area contributed by atoms with Gasteiger partial charge in [0.05, 0.1) is 12.6 Å².